The fraction of sp³-hybridized carbons (Fsp3) is 0.0909. The fourth-order valence-corrected chi connectivity index (χ4v) is 1.74. The van der Waals surface area contributed by atoms with Crippen molar-refractivity contribution >= 4 is 22.1 Å². The van der Waals surface area contributed by atoms with Crippen molar-refractivity contribution in [2.75, 3.05) is 0 Å². The molecule has 0 bridgehead atoms. The minimum absolute atomic E-state index is 0.0818. The first-order valence-electron chi connectivity index (χ1n) is 4.95. The van der Waals surface area contributed by atoms with E-state index in [1.54, 1.807) is 29.2 Å². The molecule has 0 aliphatic heterocycles. The Morgan fingerprint density at radius 3 is 2.67 bits per heavy atom. The molecule has 7 heteroatoms. The highest BCUT2D eigenvalue weighted by atomic mass is 19.4. The van der Waals surface area contributed by atoms with Crippen LogP contribution in [0.1, 0.15) is 5.82 Å². The van der Waals surface area contributed by atoms with Crippen LogP contribution in [0.2, 0.25) is 0 Å². The summed E-state index contributed by atoms with van der Waals surface area (Å²) in [5.41, 5.74) is -0.903. The molecule has 0 atom stereocenters. The molecule has 0 radical (unpaired) electrons. The number of hydrogen-bond donors (Lipinski definition) is 1. The van der Waals surface area contributed by atoms with E-state index < -0.39 is 17.6 Å². The average Bonchev–Trinajstić information content (AvgIpc) is 2.67. The zero-order valence-electron chi connectivity index (χ0n) is 8.71. The van der Waals surface area contributed by atoms with Gasteiger partial charge in [0.05, 0.1) is 0 Å². The Bertz CT molecular complexity index is 801. The van der Waals surface area contributed by atoms with Crippen LogP contribution < -0.4 is 5.56 Å². The fourth-order valence-electron chi connectivity index (χ4n) is 1.74. The molecule has 1 N–H and O–H groups in total. The van der Waals surface area contributed by atoms with Crippen molar-refractivity contribution < 1.29 is 17.6 Å². The van der Waals surface area contributed by atoms with E-state index in [9.17, 15) is 18.0 Å². The molecule has 3 rings (SSSR count). The number of benzene rings is 1. The molecule has 3 aromatic rings. The summed E-state index contributed by atoms with van der Waals surface area (Å²) < 4.78 is 42.8. The van der Waals surface area contributed by atoms with Gasteiger partial charge in [-0.15, -0.1) is 0 Å². The molecule has 0 amide bonds. The van der Waals surface area contributed by atoms with Gasteiger partial charge < -0.3 is 4.42 Å². The molecule has 92 valence electrons. The minimum Gasteiger partial charge on any atom is -0.449 e. The lowest BCUT2D eigenvalue weighted by Gasteiger charge is -2.03. The highest BCUT2D eigenvalue weighted by Gasteiger charge is 2.35. The predicted molar refractivity (Wildman–Crippen MR) is 57.1 cm³/mol. The SMILES string of the molecule is O=c1[nH]c(C(F)(F)F)nc2c1oc1ccccc12. The van der Waals surface area contributed by atoms with Gasteiger partial charge in [0.15, 0.2) is 0 Å². The molecule has 2 heterocycles. The Labute approximate surface area is 97.1 Å². The number of furan rings is 1. The second kappa shape index (κ2) is 3.34. The summed E-state index contributed by atoms with van der Waals surface area (Å²) in [4.78, 5) is 16.6. The number of aromatic nitrogens is 2. The lowest BCUT2D eigenvalue weighted by Crippen LogP contribution is -2.18. The van der Waals surface area contributed by atoms with E-state index in [1.807, 2.05) is 0 Å². The lowest BCUT2D eigenvalue weighted by atomic mass is 10.2. The summed E-state index contributed by atoms with van der Waals surface area (Å²) in [6.45, 7) is 0. The van der Waals surface area contributed by atoms with Gasteiger partial charge in [-0.2, -0.15) is 13.2 Å². The third-order valence-corrected chi connectivity index (χ3v) is 2.50. The molecule has 1 aromatic carbocycles. The number of para-hydroxylation sites is 1. The highest BCUT2D eigenvalue weighted by Crippen LogP contribution is 2.29. The number of alkyl halides is 3. The number of rotatable bonds is 0. The Hall–Kier alpha value is -2.31. The topological polar surface area (TPSA) is 58.9 Å². The van der Waals surface area contributed by atoms with Gasteiger partial charge in [0, 0.05) is 5.39 Å². The number of halogens is 3. The van der Waals surface area contributed by atoms with Crippen LogP contribution in [0, 0.1) is 0 Å². The van der Waals surface area contributed by atoms with Gasteiger partial charge in [0.25, 0.3) is 5.56 Å². The van der Waals surface area contributed by atoms with E-state index in [1.165, 1.54) is 0 Å². The van der Waals surface area contributed by atoms with Crippen LogP contribution in [0.15, 0.2) is 33.5 Å². The zero-order valence-corrected chi connectivity index (χ0v) is 8.71. The van der Waals surface area contributed by atoms with Crippen LogP contribution >= 0.6 is 0 Å². The van der Waals surface area contributed by atoms with Gasteiger partial charge in [-0.3, -0.25) is 9.78 Å². The van der Waals surface area contributed by atoms with E-state index in [0.29, 0.717) is 11.0 Å². The summed E-state index contributed by atoms with van der Waals surface area (Å²) in [5, 5.41) is 0.379. The summed E-state index contributed by atoms with van der Waals surface area (Å²) in [6.07, 6.45) is -4.70. The number of fused-ring (bicyclic) bond motifs is 3. The van der Waals surface area contributed by atoms with Gasteiger partial charge in [0.2, 0.25) is 11.4 Å². The first kappa shape index (κ1) is 10.8. The number of aromatic amines is 1. The van der Waals surface area contributed by atoms with Crippen molar-refractivity contribution in [1.82, 2.24) is 9.97 Å². The van der Waals surface area contributed by atoms with Crippen molar-refractivity contribution in [3.05, 3.63) is 40.4 Å². The highest BCUT2D eigenvalue weighted by molar-refractivity contribution is 6.01. The minimum atomic E-state index is -4.70. The van der Waals surface area contributed by atoms with E-state index in [4.69, 9.17) is 4.42 Å². The quantitative estimate of drug-likeness (QED) is 0.671. The van der Waals surface area contributed by atoms with Crippen molar-refractivity contribution in [3.8, 4) is 0 Å². The second-order valence-corrected chi connectivity index (χ2v) is 3.69. The van der Waals surface area contributed by atoms with Gasteiger partial charge in [-0.1, -0.05) is 12.1 Å². The Morgan fingerprint density at radius 1 is 1.22 bits per heavy atom. The molecule has 0 fully saturated rings. The lowest BCUT2D eigenvalue weighted by molar-refractivity contribution is -0.144. The standard InChI is InChI=1S/C11H5F3N2O2/c12-11(13,14)10-15-7-5-3-1-2-4-6(5)18-8(7)9(17)16-10/h1-4H,(H,15,16,17). The van der Waals surface area contributed by atoms with Gasteiger partial charge in [-0.05, 0) is 12.1 Å². The molecular formula is C11H5F3N2O2. The molecule has 0 aliphatic carbocycles. The summed E-state index contributed by atoms with van der Waals surface area (Å²) in [5.74, 6) is -1.33. The van der Waals surface area contributed by atoms with Crippen molar-refractivity contribution in [2.45, 2.75) is 6.18 Å². The smallest absolute Gasteiger partial charge is 0.449 e. The molecule has 4 nitrogen and oxygen atoms in total. The third kappa shape index (κ3) is 1.47. The van der Waals surface area contributed by atoms with Crippen LogP contribution in [0.4, 0.5) is 13.2 Å². The van der Waals surface area contributed by atoms with E-state index in [0.717, 1.165) is 0 Å². The number of nitrogens with zero attached hydrogens (tertiary/aromatic N) is 1. The molecular weight excluding hydrogens is 249 g/mol. The van der Waals surface area contributed by atoms with Crippen LogP contribution in [0.5, 0.6) is 0 Å². The van der Waals surface area contributed by atoms with Crippen molar-refractivity contribution in [2.24, 2.45) is 0 Å². The molecule has 0 spiro atoms. The normalized spacial score (nSPS) is 12.4. The van der Waals surface area contributed by atoms with Crippen LogP contribution in [0.3, 0.4) is 0 Å². The maximum absolute atomic E-state index is 12.5. The van der Waals surface area contributed by atoms with Crippen LogP contribution in [0.25, 0.3) is 22.1 Å². The van der Waals surface area contributed by atoms with E-state index in [2.05, 4.69) is 4.98 Å². The number of nitrogens with one attached hydrogen (secondary N) is 1. The number of hydrogen-bond acceptors (Lipinski definition) is 3. The van der Waals surface area contributed by atoms with Crippen molar-refractivity contribution in [1.29, 1.82) is 0 Å². The van der Waals surface area contributed by atoms with Gasteiger partial charge in [0.1, 0.15) is 11.1 Å². The van der Waals surface area contributed by atoms with E-state index >= 15 is 0 Å². The Balaban J connectivity index is 2.49. The summed E-state index contributed by atoms with van der Waals surface area (Å²) >= 11 is 0. The first-order chi connectivity index (χ1) is 8.47. The zero-order chi connectivity index (χ0) is 12.9. The molecule has 18 heavy (non-hydrogen) atoms. The van der Waals surface area contributed by atoms with Gasteiger partial charge in [-0.25, -0.2) is 4.98 Å². The summed E-state index contributed by atoms with van der Waals surface area (Å²) in [6, 6.07) is 6.40. The van der Waals surface area contributed by atoms with Crippen LogP contribution in [-0.2, 0) is 6.18 Å². The maximum Gasteiger partial charge on any atom is 0.449 e. The second-order valence-electron chi connectivity index (χ2n) is 3.69. The average molecular weight is 254 g/mol. The maximum atomic E-state index is 12.5. The molecule has 2 aromatic heterocycles. The van der Waals surface area contributed by atoms with Crippen molar-refractivity contribution in [3.63, 3.8) is 0 Å². The molecule has 0 saturated carbocycles. The largest absolute Gasteiger partial charge is 0.449 e. The predicted octanol–water partition coefficient (Wildman–Crippen LogP) is 2.69. The third-order valence-electron chi connectivity index (χ3n) is 2.50. The molecule has 0 unspecified atom stereocenters. The summed E-state index contributed by atoms with van der Waals surface area (Å²) in [7, 11) is 0. The molecule has 0 aliphatic rings. The van der Waals surface area contributed by atoms with E-state index in [-0.39, 0.29) is 11.1 Å². The number of H-pyrrole nitrogens is 1. The Morgan fingerprint density at radius 2 is 1.94 bits per heavy atom. The van der Waals surface area contributed by atoms with Crippen LogP contribution in [-0.4, -0.2) is 9.97 Å². The Kier molecular flexibility index (Phi) is 2.01. The first-order valence-corrected chi connectivity index (χ1v) is 4.95. The van der Waals surface area contributed by atoms with Gasteiger partial charge >= 0.3 is 6.18 Å². The molecule has 0 saturated heterocycles. The monoisotopic (exact) mass is 254 g/mol.